The maximum Gasteiger partial charge on any atom is 0.199 e. The largest absolute Gasteiger partial charge is 0.451 e. The molecule has 2 aromatic rings. The number of carbonyl (C=O) groups excluding carboxylic acids is 1. The molecule has 0 saturated carbocycles. The highest BCUT2D eigenvalue weighted by Gasteiger charge is 2.15. The monoisotopic (exact) mass is 234 g/mol. The van der Waals surface area contributed by atoms with E-state index in [1.807, 2.05) is 0 Å². The van der Waals surface area contributed by atoms with Gasteiger partial charge in [-0.25, -0.2) is 8.78 Å². The van der Waals surface area contributed by atoms with Gasteiger partial charge in [0.05, 0.1) is 5.56 Å². The lowest BCUT2D eigenvalue weighted by Crippen LogP contribution is -1.96. The van der Waals surface area contributed by atoms with E-state index in [0.29, 0.717) is 12.0 Å². The molecule has 0 bridgehead atoms. The van der Waals surface area contributed by atoms with Crippen LogP contribution in [-0.2, 0) is 0 Å². The van der Waals surface area contributed by atoms with Crippen molar-refractivity contribution in [3.63, 3.8) is 0 Å². The highest BCUT2D eigenvalue weighted by atomic mass is 19.1. The van der Waals surface area contributed by atoms with Gasteiger partial charge in [-0.05, 0) is 24.3 Å². The normalized spacial score (nSPS) is 10.0. The number of para-hydroxylation sites is 1. The maximum atomic E-state index is 13.6. The van der Waals surface area contributed by atoms with Gasteiger partial charge in [0.1, 0.15) is 5.75 Å². The third kappa shape index (κ3) is 2.30. The average molecular weight is 234 g/mol. The minimum absolute atomic E-state index is 0.239. The van der Waals surface area contributed by atoms with Crippen molar-refractivity contribution in [3.05, 3.63) is 59.7 Å². The SMILES string of the molecule is O=Cc1ccc(F)c(Oc2ccccc2)c1F. The molecule has 0 aromatic heterocycles. The van der Waals surface area contributed by atoms with Gasteiger partial charge in [-0.2, -0.15) is 0 Å². The van der Waals surface area contributed by atoms with Gasteiger partial charge in [-0.3, -0.25) is 4.79 Å². The van der Waals surface area contributed by atoms with Crippen LogP contribution in [0, 0.1) is 11.6 Å². The summed E-state index contributed by atoms with van der Waals surface area (Å²) in [4.78, 5) is 10.5. The minimum atomic E-state index is -0.996. The third-order valence-corrected chi connectivity index (χ3v) is 2.17. The van der Waals surface area contributed by atoms with Crippen molar-refractivity contribution >= 4 is 6.29 Å². The Morgan fingerprint density at radius 2 is 1.71 bits per heavy atom. The zero-order chi connectivity index (χ0) is 12.3. The van der Waals surface area contributed by atoms with Crippen molar-refractivity contribution < 1.29 is 18.3 Å². The van der Waals surface area contributed by atoms with Crippen LogP contribution in [0.15, 0.2) is 42.5 Å². The Morgan fingerprint density at radius 3 is 2.35 bits per heavy atom. The molecular weight excluding hydrogens is 226 g/mol. The average Bonchev–Trinajstić information content (AvgIpc) is 2.36. The quantitative estimate of drug-likeness (QED) is 0.759. The van der Waals surface area contributed by atoms with Crippen molar-refractivity contribution in [2.45, 2.75) is 0 Å². The molecule has 17 heavy (non-hydrogen) atoms. The molecule has 86 valence electrons. The molecule has 0 unspecified atom stereocenters. The molecule has 2 aromatic carbocycles. The number of carbonyl (C=O) groups is 1. The van der Waals surface area contributed by atoms with Crippen LogP contribution in [0.4, 0.5) is 8.78 Å². The van der Waals surface area contributed by atoms with Crippen LogP contribution < -0.4 is 4.74 Å². The van der Waals surface area contributed by atoms with Crippen LogP contribution in [0.3, 0.4) is 0 Å². The van der Waals surface area contributed by atoms with E-state index in [0.717, 1.165) is 12.1 Å². The highest BCUT2D eigenvalue weighted by molar-refractivity contribution is 5.76. The van der Waals surface area contributed by atoms with Gasteiger partial charge in [0, 0.05) is 0 Å². The number of ether oxygens (including phenoxy) is 1. The van der Waals surface area contributed by atoms with Gasteiger partial charge in [0.25, 0.3) is 0 Å². The van der Waals surface area contributed by atoms with E-state index < -0.39 is 17.4 Å². The molecule has 0 saturated heterocycles. The minimum Gasteiger partial charge on any atom is -0.451 e. The number of aldehydes is 1. The number of hydrogen-bond donors (Lipinski definition) is 0. The predicted molar refractivity (Wildman–Crippen MR) is 58.3 cm³/mol. The van der Waals surface area contributed by atoms with Crippen molar-refractivity contribution in [1.29, 1.82) is 0 Å². The Kier molecular flexibility index (Phi) is 3.14. The molecule has 0 aliphatic heterocycles. The van der Waals surface area contributed by atoms with Gasteiger partial charge >= 0.3 is 0 Å². The Labute approximate surface area is 96.5 Å². The van der Waals surface area contributed by atoms with Crippen molar-refractivity contribution in [3.8, 4) is 11.5 Å². The Bertz CT molecular complexity index is 539. The van der Waals surface area contributed by atoms with Gasteiger partial charge in [0.15, 0.2) is 23.7 Å². The number of benzene rings is 2. The second kappa shape index (κ2) is 4.74. The zero-order valence-corrected chi connectivity index (χ0v) is 8.69. The van der Waals surface area contributed by atoms with Gasteiger partial charge in [-0.1, -0.05) is 18.2 Å². The molecule has 0 aliphatic rings. The molecule has 0 heterocycles. The molecule has 2 rings (SSSR count). The first-order chi connectivity index (χ1) is 8.22. The fourth-order valence-corrected chi connectivity index (χ4v) is 1.34. The summed E-state index contributed by atoms with van der Waals surface area (Å²) in [6.07, 6.45) is 0.312. The van der Waals surface area contributed by atoms with E-state index in [9.17, 15) is 13.6 Å². The van der Waals surface area contributed by atoms with Crippen LogP contribution in [0.5, 0.6) is 11.5 Å². The standard InChI is InChI=1S/C13H8F2O2/c14-11-7-6-9(8-16)12(15)13(11)17-10-4-2-1-3-5-10/h1-8H. The van der Waals surface area contributed by atoms with Crippen LogP contribution in [0.1, 0.15) is 10.4 Å². The van der Waals surface area contributed by atoms with Crippen LogP contribution in [0.2, 0.25) is 0 Å². The third-order valence-electron chi connectivity index (χ3n) is 2.17. The van der Waals surface area contributed by atoms with E-state index in [1.54, 1.807) is 30.3 Å². The number of halogens is 2. The molecular formula is C13H8F2O2. The lowest BCUT2D eigenvalue weighted by molar-refractivity contribution is 0.111. The molecule has 0 radical (unpaired) electrons. The summed E-state index contributed by atoms with van der Waals surface area (Å²) in [6, 6.07) is 10.3. The van der Waals surface area contributed by atoms with E-state index in [-0.39, 0.29) is 5.56 Å². The summed E-state index contributed by atoms with van der Waals surface area (Å²) >= 11 is 0. The molecule has 0 fully saturated rings. The Hall–Kier alpha value is -2.23. The predicted octanol–water partition coefficient (Wildman–Crippen LogP) is 3.57. The fourth-order valence-electron chi connectivity index (χ4n) is 1.34. The van der Waals surface area contributed by atoms with Gasteiger partial charge in [0.2, 0.25) is 0 Å². The van der Waals surface area contributed by atoms with Gasteiger partial charge in [-0.15, -0.1) is 0 Å². The molecule has 0 spiro atoms. The van der Waals surface area contributed by atoms with Gasteiger partial charge < -0.3 is 4.74 Å². The zero-order valence-electron chi connectivity index (χ0n) is 8.69. The first kappa shape index (κ1) is 11.3. The van der Waals surface area contributed by atoms with Crippen LogP contribution in [-0.4, -0.2) is 6.29 Å². The first-order valence-corrected chi connectivity index (χ1v) is 4.88. The topological polar surface area (TPSA) is 26.3 Å². The van der Waals surface area contributed by atoms with Crippen molar-refractivity contribution in [2.24, 2.45) is 0 Å². The molecule has 0 amide bonds. The summed E-state index contributed by atoms with van der Waals surface area (Å²) in [5, 5.41) is 0. The van der Waals surface area contributed by atoms with E-state index in [1.165, 1.54) is 0 Å². The Balaban J connectivity index is 2.42. The highest BCUT2D eigenvalue weighted by Crippen LogP contribution is 2.28. The molecule has 4 heteroatoms. The number of hydrogen-bond acceptors (Lipinski definition) is 2. The van der Waals surface area contributed by atoms with E-state index >= 15 is 0 Å². The second-order valence-corrected chi connectivity index (χ2v) is 3.31. The summed E-state index contributed by atoms with van der Waals surface area (Å²) < 4.78 is 32.1. The summed E-state index contributed by atoms with van der Waals surface area (Å²) in [6.45, 7) is 0. The van der Waals surface area contributed by atoms with E-state index in [2.05, 4.69) is 0 Å². The summed E-state index contributed by atoms with van der Waals surface area (Å²) in [5.41, 5.74) is -0.239. The lowest BCUT2D eigenvalue weighted by atomic mass is 10.2. The second-order valence-electron chi connectivity index (χ2n) is 3.31. The van der Waals surface area contributed by atoms with Crippen molar-refractivity contribution in [2.75, 3.05) is 0 Å². The summed E-state index contributed by atoms with van der Waals surface area (Å²) in [5.74, 6) is -2.12. The fraction of sp³-hybridized carbons (Fsp3) is 0. The number of rotatable bonds is 3. The maximum absolute atomic E-state index is 13.6. The first-order valence-electron chi connectivity index (χ1n) is 4.88. The molecule has 0 atom stereocenters. The molecule has 0 N–H and O–H groups in total. The lowest BCUT2D eigenvalue weighted by Gasteiger charge is -2.08. The van der Waals surface area contributed by atoms with Crippen molar-refractivity contribution in [1.82, 2.24) is 0 Å². The van der Waals surface area contributed by atoms with Crippen LogP contribution in [0.25, 0.3) is 0 Å². The van der Waals surface area contributed by atoms with Crippen LogP contribution >= 0.6 is 0 Å². The Morgan fingerprint density at radius 1 is 1.00 bits per heavy atom. The molecule has 0 aliphatic carbocycles. The smallest absolute Gasteiger partial charge is 0.199 e. The molecule has 2 nitrogen and oxygen atoms in total. The summed E-state index contributed by atoms with van der Waals surface area (Å²) in [7, 11) is 0. The van der Waals surface area contributed by atoms with E-state index in [4.69, 9.17) is 4.74 Å².